The Balaban J connectivity index is 2.01. The number of halogens is 3. The molecule has 1 saturated heterocycles. The van der Waals surface area contributed by atoms with Crippen LogP contribution in [-0.4, -0.2) is 40.1 Å². The molecule has 1 aromatic rings. The number of hydrogen-bond donors (Lipinski definition) is 1. The van der Waals surface area contributed by atoms with Crippen molar-refractivity contribution in [3.63, 3.8) is 0 Å². The lowest BCUT2D eigenvalue weighted by molar-refractivity contribution is -0.363. The molecule has 0 bridgehead atoms. The highest BCUT2D eigenvalue weighted by Crippen LogP contribution is 2.42. The van der Waals surface area contributed by atoms with Crippen LogP contribution in [0.4, 0.5) is 19.0 Å². The molecule has 2 N–H and O–H groups in total. The number of aryl methyl sites for hydroxylation is 1. The number of pyridine rings is 1. The van der Waals surface area contributed by atoms with E-state index in [4.69, 9.17) is 0 Å². The van der Waals surface area contributed by atoms with Crippen molar-refractivity contribution in [1.82, 2.24) is 4.90 Å². The van der Waals surface area contributed by atoms with Gasteiger partial charge in [-0.25, -0.2) is 10.3 Å². The smallest absolute Gasteiger partial charge is 0.284 e. The van der Waals surface area contributed by atoms with Gasteiger partial charge in [0.1, 0.15) is 0 Å². The molecule has 9 heteroatoms. The Morgan fingerprint density at radius 1 is 1.48 bits per heavy atom. The highest BCUT2D eigenvalue weighted by atomic mass is 32.2. The number of H-pyrrole nitrogens is 1. The van der Waals surface area contributed by atoms with Crippen LogP contribution in [0.5, 0.6) is 0 Å². The summed E-state index contributed by atoms with van der Waals surface area (Å²) < 4.78 is 40.5. The van der Waals surface area contributed by atoms with Gasteiger partial charge < -0.3 is 0 Å². The van der Waals surface area contributed by atoms with E-state index in [0.717, 1.165) is 22.2 Å². The van der Waals surface area contributed by atoms with Gasteiger partial charge in [0.2, 0.25) is 0 Å². The molecule has 0 saturated carbocycles. The summed E-state index contributed by atoms with van der Waals surface area (Å²) in [5.74, 6) is -0.430. The van der Waals surface area contributed by atoms with Gasteiger partial charge in [-0.15, -0.1) is 0 Å². The molecule has 21 heavy (non-hydrogen) atoms. The average Bonchev–Trinajstić information content (AvgIpc) is 2.95. The number of carbonyl (C=O) groups is 1. The van der Waals surface area contributed by atoms with Crippen molar-refractivity contribution in [2.24, 2.45) is 4.99 Å². The summed E-state index contributed by atoms with van der Waals surface area (Å²) in [7, 11) is 0. The van der Waals surface area contributed by atoms with Crippen molar-refractivity contribution in [2.45, 2.75) is 18.8 Å². The number of alkyl halides is 3. The molecule has 2 aliphatic rings. The van der Waals surface area contributed by atoms with Crippen molar-refractivity contribution >= 4 is 28.7 Å². The topological polar surface area (TPSA) is 58.8 Å². The third-order valence-electron chi connectivity index (χ3n) is 3.29. The lowest BCUT2D eigenvalue weighted by Crippen LogP contribution is -2.58. The van der Waals surface area contributed by atoms with E-state index in [1.807, 2.05) is 0 Å². The number of aliphatic imine (C=N–C) groups is 1. The maximum absolute atomic E-state index is 13.5. The Morgan fingerprint density at radius 2 is 2.24 bits per heavy atom. The van der Waals surface area contributed by atoms with Crippen molar-refractivity contribution in [3.05, 3.63) is 23.9 Å². The molecule has 1 fully saturated rings. The maximum atomic E-state index is 13.5. The Morgan fingerprint density at radius 3 is 2.81 bits per heavy atom. The third-order valence-corrected chi connectivity index (χ3v) is 4.25. The van der Waals surface area contributed by atoms with Crippen LogP contribution in [0.25, 0.3) is 0 Å². The first kappa shape index (κ1) is 14.2. The normalized spacial score (nSPS) is 25.0. The first-order valence-corrected chi connectivity index (χ1v) is 7.20. The summed E-state index contributed by atoms with van der Waals surface area (Å²) in [6, 6.07) is 3.10. The lowest BCUT2D eigenvalue weighted by atomic mass is 10.1. The number of carbonyl (C=O) groups excluding carboxylic acids is 1. The van der Waals surface area contributed by atoms with Crippen molar-refractivity contribution in [3.8, 4) is 0 Å². The van der Waals surface area contributed by atoms with Crippen molar-refractivity contribution < 1.29 is 22.9 Å². The largest absolute Gasteiger partial charge is 0.464 e. The Labute approximate surface area is 122 Å². The Hall–Kier alpha value is -1.77. The molecule has 1 aromatic heterocycles. The van der Waals surface area contributed by atoms with Crippen molar-refractivity contribution in [2.75, 3.05) is 17.6 Å². The fraction of sp³-hybridized carbons (Fsp3) is 0.417. The second-order valence-corrected chi connectivity index (χ2v) is 5.87. The van der Waals surface area contributed by atoms with Gasteiger partial charge in [-0.3, -0.25) is 9.69 Å². The number of nitrogens with zero attached hydrogens (tertiary/aromatic N) is 2. The summed E-state index contributed by atoms with van der Waals surface area (Å²) in [5.41, 5.74) is -2.08. The molecule has 112 valence electrons. The zero-order chi connectivity index (χ0) is 15.3. The molecular weight excluding hydrogens is 305 g/mol. The maximum Gasteiger partial charge on any atom is 0.464 e. The van der Waals surface area contributed by atoms with Crippen LogP contribution in [-0.2, 0) is 4.79 Å². The molecular formula is C12H12F3N4OS+. The molecule has 5 nitrogen and oxygen atoms in total. The van der Waals surface area contributed by atoms with Crippen LogP contribution >= 0.6 is 11.8 Å². The molecule has 0 radical (unpaired) electrons. The number of hydrogen-bond acceptors (Lipinski definition) is 4. The molecule has 3 heterocycles. The van der Waals surface area contributed by atoms with E-state index in [2.05, 4.69) is 15.3 Å². The van der Waals surface area contributed by atoms with E-state index >= 15 is 0 Å². The first-order valence-electron chi connectivity index (χ1n) is 6.21. The highest BCUT2D eigenvalue weighted by Gasteiger charge is 2.70. The van der Waals surface area contributed by atoms with Crippen LogP contribution < -0.4 is 10.3 Å². The molecule has 0 aliphatic carbocycles. The van der Waals surface area contributed by atoms with Gasteiger partial charge in [-0.05, 0) is 18.6 Å². The van der Waals surface area contributed by atoms with Crippen LogP contribution in [0.15, 0.2) is 23.3 Å². The zero-order valence-corrected chi connectivity index (χ0v) is 11.8. The molecule has 1 amide bonds. The van der Waals surface area contributed by atoms with Crippen LogP contribution in [0.3, 0.4) is 0 Å². The van der Waals surface area contributed by atoms with E-state index in [9.17, 15) is 18.0 Å². The van der Waals surface area contributed by atoms with Crippen LogP contribution in [0.2, 0.25) is 0 Å². The van der Waals surface area contributed by atoms with E-state index in [1.54, 1.807) is 19.2 Å². The van der Waals surface area contributed by atoms with Gasteiger partial charge >= 0.3 is 17.7 Å². The highest BCUT2D eigenvalue weighted by molar-refractivity contribution is 8.14. The quantitative estimate of drug-likeness (QED) is 0.897. The van der Waals surface area contributed by atoms with E-state index < -0.39 is 17.7 Å². The Kier molecular flexibility index (Phi) is 3.12. The van der Waals surface area contributed by atoms with Crippen LogP contribution in [0, 0.1) is 6.92 Å². The monoisotopic (exact) mass is 317 g/mol. The number of anilines is 1. The summed E-state index contributed by atoms with van der Waals surface area (Å²) in [6.45, 7) is 2.05. The minimum atomic E-state index is -4.83. The molecule has 0 spiro atoms. The average molecular weight is 317 g/mol. The second-order valence-electron chi connectivity index (χ2n) is 4.81. The number of amides is 1. The molecule has 0 unspecified atom stereocenters. The summed E-state index contributed by atoms with van der Waals surface area (Å²) >= 11 is 1.15. The summed E-state index contributed by atoms with van der Waals surface area (Å²) in [5, 5.41) is 2.35. The lowest BCUT2D eigenvalue weighted by Gasteiger charge is -2.24. The Bertz CT molecular complexity index is 616. The van der Waals surface area contributed by atoms with Gasteiger partial charge in [0.05, 0.1) is 6.20 Å². The SMILES string of the molecule is Cc1ccc(N[C@@]2(C(F)(F)F)N=C3SCCN3C2=O)[nH+]c1. The molecule has 2 aliphatic heterocycles. The number of amidine groups is 1. The number of fused-ring (bicyclic) bond motifs is 1. The number of thioether (sulfide) groups is 1. The van der Waals surface area contributed by atoms with Gasteiger partial charge in [0.15, 0.2) is 5.17 Å². The minimum absolute atomic E-state index is 0.0850. The van der Waals surface area contributed by atoms with Gasteiger partial charge in [-0.1, -0.05) is 11.8 Å². The standard InChI is InChI=1S/C12H11F3N4OS/c1-7-2-3-8(16-6-7)17-11(12(13,14)15)9(20)19-4-5-21-10(19)18-11/h2-3,6H,4-5H2,1H3,(H,16,17)/p+1/t11-/m1/s1. The molecule has 0 aromatic carbocycles. The van der Waals surface area contributed by atoms with E-state index in [0.29, 0.717) is 5.75 Å². The number of rotatable bonds is 2. The number of aromatic amines is 1. The number of aromatic nitrogens is 1. The fourth-order valence-electron chi connectivity index (χ4n) is 2.18. The fourth-order valence-corrected chi connectivity index (χ4v) is 3.17. The zero-order valence-electron chi connectivity index (χ0n) is 11.0. The van der Waals surface area contributed by atoms with E-state index in [-0.39, 0.29) is 17.5 Å². The first-order chi connectivity index (χ1) is 9.83. The van der Waals surface area contributed by atoms with Gasteiger partial charge in [0.25, 0.3) is 5.82 Å². The predicted molar refractivity (Wildman–Crippen MR) is 71.7 cm³/mol. The predicted octanol–water partition coefficient (Wildman–Crippen LogP) is 1.42. The third kappa shape index (κ3) is 2.15. The molecule has 1 atom stereocenters. The van der Waals surface area contributed by atoms with Gasteiger partial charge in [-0.2, -0.15) is 18.2 Å². The minimum Gasteiger partial charge on any atom is -0.284 e. The number of nitrogens with one attached hydrogen (secondary N) is 2. The second kappa shape index (κ2) is 4.62. The van der Waals surface area contributed by atoms with E-state index in [1.165, 1.54) is 6.07 Å². The van der Waals surface area contributed by atoms with Crippen molar-refractivity contribution in [1.29, 1.82) is 0 Å². The van der Waals surface area contributed by atoms with Crippen LogP contribution in [0.1, 0.15) is 5.56 Å². The summed E-state index contributed by atoms with van der Waals surface area (Å²) in [6.07, 6.45) is -3.28. The van der Waals surface area contributed by atoms with Gasteiger partial charge in [0, 0.05) is 18.4 Å². The molecule has 3 rings (SSSR count). The summed E-state index contributed by atoms with van der Waals surface area (Å²) in [4.78, 5) is 19.7.